The Morgan fingerprint density at radius 1 is 0.758 bits per heavy atom. The Morgan fingerprint density at radius 2 is 1.42 bits per heavy atom. The predicted molar refractivity (Wildman–Crippen MR) is 133 cm³/mol. The lowest BCUT2D eigenvalue weighted by molar-refractivity contribution is -0.121. The van der Waals surface area contributed by atoms with Gasteiger partial charge in [0.2, 0.25) is 0 Å². The number of imide groups is 1. The van der Waals surface area contributed by atoms with E-state index in [1.54, 1.807) is 0 Å². The summed E-state index contributed by atoms with van der Waals surface area (Å²) in [5.41, 5.74) is 6.88. The Kier molecular flexibility index (Phi) is 5.59. The number of amides is 2. The van der Waals surface area contributed by atoms with Crippen LogP contribution < -0.4 is 4.90 Å². The highest BCUT2D eigenvalue weighted by Crippen LogP contribution is 2.40. The summed E-state index contributed by atoms with van der Waals surface area (Å²) in [6.07, 6.45) is 0.854. The molecule has 0 aromatic heterocycles. The first-order valence-corrected chi connectivity index (χ1v) is 12.0. The Balaban J connectivity index is 1.57. The van der Waals surface area contributed by atoms with Gasteiger partial charge in [0.15, 0.2) is 0 Å². The average Bonchev–Trinajstić information content (AvgIpc) is 3.03. The number of aryl methyl sites for hydroxylation is 3. The van der Waals surface area contributed by atoms with E-state index in [4.69, 9.17) is 0 Å². The lowest BCUT2D eigenvalue weighted by Crippen LogP contribution is -2.37. The van der Waals surface area contributed by atoms with E-state index in [-0.39, 0.29) is 11.8 Å². The second-order valence-electron chi connectivity index (χ2n) is 8.82. The molecule has 0 atom stereocenters. The van der Waals surface area contributed by atoms with Crippen molar-refractivity contribution in [1.29, 1.82) is 0 Å². The first kappa shape index (κ1) is 21.5. The van der Waals surface area contributed by atoms with E-state index in [0.29, 0.717) is 29.4 Å². The lowest BCUT2D eigenvalue weighted by atomic mass is 9.99. The molecule has 0 bridgehead atoms. The summed E-state index contributed by atoms with van der Waals surface area (Å²) < 4.78 is 0. The molecule has 2 heterocycles. The van der Waals surface area contributed by atoms with Gasteiger partial charge in [0.1, 0.15) is 10.6 Å². The first-order valence-electron chi connectivity index (χ1n) is 11.2. The normalized spacial score (nSPS) is 16.0. The summed E-state index contributed by atoms with van der Waals surface area (Å²) in [7, 11) is 0. The molecule has 0 aliphatic carbocycles. The topological polar surface area (TPSA) is 40.6 Å². The largest absolute Gasteiger partial charge is 0.361 e. The zero-order valence-electron chi connectivity index (χ0n) is 19.1. The molecule has 2 amide bonds. The summed E-state index contributed by atoms with van der Waals surface area (Å²) >= 11 is 1.39. The number of fused-ring (bicyclic) bond motifs is 1. The molecular formula is C28H26N2O2S. The predicted octanol–water partition coefficient (Wildman–Crippen LogP) is 5.55. The molecule has 0 spiro atoms. The van der Waals surface area contributed by atoms with Crippen LogP contribution in [-0.2, 0) is 22.6 Å². The van der Waals surface area contributed by atoms with Gasteiger partial charge in [0, 0.05) is 18.0 Å². The fraction of sp³-hybridized carbons (Fsp3) is 0.214. The molecule has 0 radical (unpaired) electrons. The quantitative estimate of drug-likeness (QED) is 0.485. The molecule has 2 aliphatic heterocycles. The maximum Gasteiger partial charge on any atom is 0.283 e. The summed E-state index contributed by atoms with van der Waals surface area (Å²) in [6, 6.07) is 22.3. The molecule has 0 N–H and O–H groups in total. The van der Waals surface area contributed by atoms with Gasteiger partial charge in [-0.05, 0) is 73.7 Å². The summed E-state index contributed by atoms with van der Waals surface area (Å²) in [5, 5.41) is 0. The number of benzene rings is 3. The molecule has 2 aliphatic rings. The molecular weight excluding hydrogens is 428 g/mol. The van der Waals surface area contributed by atoms with Crippen molar-refractivity contribution in [2.75, 3.05) is 11.4 Å². The molecule has 5 rings (SSSR count). The molecule has 5 heteroatoms. The smallest absolute Gasteiger partial charge is 0.283 e. The summed E-state index contributed by atoms with van der Waals surface area (Å²) in [6.45, 7) is 7.35. The minimum absolute atomic E-state index is 0.237. The van der Waals surface area contributed by atoms with Crippen LogP contribution in [0.15, 0.2) is 82.2 Å². The molecule has 0 fully saturated rings. The maximum atomic E-state index is 13.8. The van der Waals surface area contributed by atoms with E-state index in [9.17, 15) is 9.59 Å². The third-order valence-corrected chi connectivity index (χ3v) is 7.25. The van der Waals surface area contributed by atoms with Crippen LogP contribution in [0.4, 0.5) is 5.69 Å². The number of carbonyl (C=O) groups is 2. The number of hydrogen-bond acceptors (Lipinski definition) is 4. The van der Waals surface area contributed by atoms with Gasteiger partial charge in [-0.15, -0.1) is 0 Å². The highest BCUT2D eigenvalue weighted by molar-refractivity contribution is 8.04. The SMILES string of the molecule is Cc1ccc(SC2=C(N3CCc4ccccc4C3)C(=O)N(c3cc(C)cc(C)c3)C2=O)cc1. The van der Waals surface area contributed by atoms with E-state index in [0.717, 1.165) is 28.0 Å². The Labute approximate surface area is 198 Å². The molecule has 4 nitrogen and oxygen atoms in total. The third-order valence-electron chi connectivity index (χ3n) is 6.17. The Hall–Kier alpha value is -3.31. The molecule has 3 aromatic rings. The molecule has 3 aromatic carbocycles. The number of thioether (sulfide) groups is 1. The van der Waals surface area contributed by atoms with Gasteiger partial charge < -0.3 is 4.90 Å². The van der Waals surface area contributed by atoms with Crippen molar-refractivity contribution in [3.05, 3.63) is 105 Å². The van der Waals surface area contributed by atoms with Gasteiger partial charge in [-0.3, -0.25) is 9.59 Å². The van der Waals surface area contributed by atoms with Gasteiger partial charge in [-0.25, -0.2) is 4.90 Å². The highest BCUT2D eigenvalue weighted by atomic mass is 32.2. The van der Waals surface area contributed by atoms with E-state index >= 15 is 0 Å². The zero-order chi connectivity index (χ0) is 23.1. The third kappa shape index (κ3) is 4.09. The minimum Gasteiger partial charge on any atom is -0.361 e. The minimum atomic E-state index is -0.246. The number of rotatable bonds is 4. The molecule has 0 saturated heterocycles. The number of anilines is 1. The van der Waals surface area contributed by atoms with Crippen LogP contribution in [0.25, 0.3) is 0 Å². The first-order chi connectivity index (χ1) is 15.9. The lowest BCUT2D eigenvalue weighted by Gasteiger charge is -2.31. The second kappa shape index (κ2) is 8.56. The fourth-order valence-corrected chi connectivity index (χ4v) is 5.59. The zero-order valence-corrected chi connectivity index (χ0v) is 19.9. The van der Waals surface area contributed by atoms with Crippen molar-refractivity contribution >= 4 is 29.3 Å². The monoisotopic (exact) mass is 454 g/mol. The van der Waals surface area contributed by atoms with Crippen LogP contribution in [0.2, 0.25) is 0 Å². The standard InChI is InChI=1S/C28H26N2O2S/c1-18-8-10-24(11-9-18)33-26-25(29-13-12-21-6-4-5-7-22(21)17-29)27(31)30(28(26)32)23-15-19(2)14-20(3)16-23/h4-11,14-16H,12-13,17H2,1-3H3. The number of nitrogens with zero attached hydrogens (tertiary/aromatic N) is 2. The van der Waals surface area contributed by atoms with Gasteiger partial charge >= 0.3 is 0 Å². The molecule has 166 valence electrons. The molecule has 0 unspecified atom stereocenters. The van der Waals surface area contributed by atoms with Crippen molar-refractivity contribution in [3.63, 3.8) is 0 Å². The second-order valence-corrected chi connectivity index (χ2v) is 9.91. The number of hydrogen-bond donors (Lipinski definition) is 0. The van der Waals surface area contributed by atoms with Crippen molar-refractivity contribution in [2.24, 2.45) is 0 Å². The van der Waals surface area contributed by atoms with Crippen molar-refractivity contribution < 1.29 is 9.59 Å². The van der Waals surface area contributed by atoms with Crippen LogP contribution in [0.3, 0.4) is 0 Å². The van der Waals surface area contributed by atoms with Gasteiger partial charge in [0.25, 0.3) is 11.8 Å². The van der Waals surface area contributed by atoms with Crippen molar-refractivity contribution in [1.82, 2.24) is 4.90 Å². The van der Waals surface area contributed by atoms with E-state index in [1.807, 2.05) is 69.3 Å². The van der Waals surface area contributed by atoms with Crippen molar-refractivity contribution in [3.8, 4) is 0 Å². The highest BCUT2D eigenvalue weighted by Gasteiger charge is 2.43. The Morgan fingerprint density at radius 3 is 2.12 bits per heavy atom. The molecule has 33 heavy (non-hydrogen) atoms. The van der Waals surface area contributed by atoms with Crippen LogP contribution in [-0.4, -0.2) is 23.3 Å². The fourth-order valence-electron chi connectivity index (χ4n) is 4.59. The molecule has 0 saturated carbocycles. The number of carbonyl (C=O) groups excluding carboxylic acids is 2. The van der Waals surface area contributed by atoms with E-state index < -0.39 is 0 Å². The summed E-state index contributed by atoms with van der Waals surface area (Å²) in [4.78, 5) is 32.4. The van der Waals surface area contributed by atoms with E-state index in [2.05, 4.69) is 23.1 Å². The van der Waals surface area contributed by atoms with Gasteiger partial charge in [0.05, 0.1) is 5.69 Å². The maximum absolute atomic E-state index is 13.8. The van der Waals surface area contributed by atoms with Gasteiger partial charge in [-0.1, -0.05) is 59.8 Å². The summed E-state index contributed by atoms with van der Waals surface area (Å²) in [5.74, 6) is -0.483. The van der Waals surface area contributed by atoms with Crippen molar-refractivity contribution in [2.45, 2.75) is 38.6 Å². The average molecular weight is 455 g/mol. The van der Waals surface area contributed by atoms with Crippen LogP contribution in [0.1, 0.15) is 27.8 Å². The van der Waals surface area contributed by atoms with Crippen LogP contribution >= 0.6 is 11.8 Å². The van der Waals surface area contributed by atoms with Gasteiger partial charge in [-0.2, -0.15) is 0 Å². The Bertz CT molecular complexity index is 1270. The van der Waals surface area contributed by atoms with E-state index in [1.165, 1.54) is 27.8 Å². The van der Waals surface area contributed by atoms with Crippen LogP contribution in [0.5, 0.6) is 0 Å². The van der Waals surface area contributed by atoms with Crippen LogP contribution in [0, 0.1) is 20.8 Å².